The fourth-order valence-corrected chi connectivity index (χ4v) is 5.48. The van der Waals surface area contributed by atoms with Gasteiger partial charge < -0.3 is 10.2 Å². The lowest BCUT2D eigenvalue weighted by atomic mass is 9.96. The summed E-state index contributed by atoms with van der Waals surface area (Å²) < 4.78 is 15.0. The Hall–Kier alpha value is -2.74. The summed E-state index contributed by atoms with van der Waals surface area (Å²) in [5.74, 6) is -0.105. The Balaban J connectivity index is 1.20. The molecule has 0 spiro atoms. The van der Waals surface area contributed by atoms with Gasteiger partial charge in [0.2, 0.25) is 16.0 Å². The number of hydrogen-bond donors (Lipinski definition) is 1. The van der Waals surface area contributed by atoms with Crippen LogP contribution in [0.1, 0.15) is 44.9 Å². The molecule has 32 heavy (non-hydrogen) atoms. The maximum atomic E-state index is 13.2. The van der Waals surface area contributed by atoms with E-state index in [1.807, 2.05) is 6.20 Å². The van der Waals surface area contributed by atoms with Crippen LogP contribution in [0.3, 0.4) is 0 Å². The normalized spacial score (nSPS) is 19.2. The van der Waals surface area contributed by atoms with Crippen molar-refractivity contribution in [3.05, 3.63) is 47.9 Å². The fraction of sp³-hybridized carbons (Fsp3) is 0.458. The quantitative estimate of drug-likeness (QED) is 0.544. The number of amides is 1. The molecule has 5 rings (SSSR count). The minimum Gasteiger partial charge on any atom is -0.355 e. The predicted molar refractivity (Wildman–Crippen MR) is 125 cm³/mol. The first kappa shape index (κ1) is 21.1. The van der Waals surface area contributed by atoms with E-state index in [0.29, 0.717) is 6.54 Å². The third-order valence-electron chi connectivity index (χ3n) is 6.37. The van der Waals surface area contributed by atoms with Gasteiger partial charge in [0.05, 0.1) is 17.8 Å². The van der Waals surface area contributed by atoms with Gasteiger partial charge in [-0.3, -0.25) is 4.79 Å². The number of halogens is 1. The average Bonchev–Trinajstić information content (AvgIpc) is 3.40. The molecule has 8 heteroatoms. The summed E-state index contributed by atoms with van der Waals surface area (Å²) in [6.45, 7) is 2.33. The largest absolute Gasteiger partial charge is 0.355 e. The molecular formula is C24H28FN5OS. The molecule has 2 aliphatic rings. The Bertz CT molecular complexity index is 1090. The number of aromatic nitrogens is 3. The predicted octanol–water partition coefficient (Wildman–Crippen LogP) is 4.82. The zero-order valence-electron chi connectivity index (χ0n) is 18.1. The molecule has 1 aromatic carbocycles. The number of hydrogen-bond acceptors (Lipinski definition) is 5. The highest BCUT2D eigenvalue weighted by Gasteiger charge is 2.27. The molecule has 1 aliphatic heterocycles. The zero-order chi connectivity index (χ0) is 21.9. The van der Waals surface area contributed by atoms with Gasteiger partial charge in [0.25, 0.3) is 0 Å². The lowest BCUT2D eigenvalue weighted by Gasteiger charge is -2.31. The van der Waals surface area contributed by atoms with Gasteiger partial charge in [-0.15, -0.1) is 5.10 Å². The monoisotopic (exact) mass is 453 g/mol. The Morgan fingerprint density at radius 2 is 2.09 bits per heavy atom. The van der Waals surface area contributed by atoms with E-state index in [0.717, 1.165) is 53.7 Å². The molecular weight excluding hydrogens is 425 g/mol. The Labute approximate surface area is 191 Å². The lowest BCUT2D eigenvalue weighted by molar-refractivity contribution is -0.125. The second-order valence-electron chi connectivity index (χ2n) is 8.68. The van der Waals surface area contributed by atoms with Gasteiger partial charge in [-0.25, -0.2) is 13.9 Å². The third kappa shape index (κ3) is 4.70. The summed E-state index contributed by atoms with van der Waals surface area (Å²) in [7, 11) is 0. The van der Waals surface area contributed by atoms with Gasteiger partial charge in [0.1, 0.15) is 5.82 Å². The van der Waals surface area contributed by atoms with E-state index in [2.05, 4.69) is 21.3 Å². The zero-order valence-corrected chi connectivity index (χ0v) is 18.9. The molecule has 0 bridgehead atoms. The number of carbonyl (C=O) groups excluding carboxylic acids is 1. The first-order chi connectivity index (χ1) is 15.7. The minimum atomic E-state index is -0.259. The van der Waals surface area contributed by atoms with E-state index in [4.69, 9.17) is 5.10 Å². The van der Waals surface area contributed by atoms with Crippen LogP contribution in [0.25, 0.3) is 16.2 Å². The van der Waals surface area contributed by atoms with Gasteiger partial charge in [-0.2, -0.15) is 0 Å². The number of nitrogens with zero attached hydrogens (tertiary/aromatic N) is 4. The van der Waals surface area contributed by atoms with Gasteiger partial charge in [0, 0.05) is 25.2 Å². The van der Waals surface area contributed by atoms with Crippen molar-refractivity contribution in [3.8, 4) is 11.3 Å². The maximum Gasteiger partial charge on any atom is 0.224 e. The molecule has 1 aliphatic carbocycles. The number of fused-ring (bicyclic) bond motifs is 1. The molecule has 1 fully saturated rings. The van der Waals surface area contributed by atoms with Crippen LogP contribution < -0.4 is 10.2 Å². The molecule has 0 radical (unpaired) electrons. The second kappa shape index (κ2) is 9.40. The lowest BCUT2D eigenvalue weighted by Crippen LogP contribution is -2.43. The van der Waals surface area contributed by atoms with Crippen molar-refractivity contribution < 1.29 is 9.18 Å². The van der Waals surface area contributed by atoms with E-state index >= 15 is 0 Å². The molecule has 6 nitrogen and oxygen atoms in total. The van der Waals surface area contributed by atoms with Crippen LogP contribution in [-0.2, 0) is 4.79 Å². The van der Waals surface area contributed by atoms with Gasteiger partial charge in [-0.1, -0.05) is 23.0 Å². The van der Waals surface area contributed by atoms with Crippen LogP contribution in [0.15, 0.2) is 42.1 Å². The summed E-state index contributed by atoms with van der Waals surface area (Å²) >= 11 is 1.53. The summed E-state index contributed by atoms with van der Waals surface area (Å²) in [6.07, 6.45) is 12.0. The van der Waals surface area contributed by atoms with Crippen molar-refractivity contribution in [2.24, 2.45) is 5.92 Å². The van der Waals surface area contributed by atoms with Crippen molar-refractivity contribution in [1.82, 2.24) is 19.9 Å². The molecule has 1 saturated heterocycles. The van der Waals surface area contributed by atoms with E-state index in [1.165, 1.54) is 54.7 Å². The molecule has 3 heterocycles. The molecule has 168 valence electrons. The first-order valence-electron chi connectivity index (χ1n) is 11.5. The standard InChI is InChI=1S/C24H28FN5OS/c25-20-10-8-18(9-11-20)21-16-30-23(27-21)32-24(28-30)29-14-4-7-19(15-29)22(31)26-13-12-17-5-2-1-3-6-17/h5,8-11,16,19H,1-4,6-7,12-15H2,(H,26,31)/t19-/m0/s1. The summed E-state index contributed by atoms with van der Waals surface area (Å²) in [5, 5.41) is 8.75. The number of anilines is 1. The first-order valence-corrected chi connectivity index (χ1v) is 12.3. The fourth-order valence-electron chi connectivity index (χ4n) is 4.56. The summed E-state index contributed by atoms with van der Waals surface area (Å²) in [5.41, 5.74) is 3.14. The Morgan fingerprint density at radius 1 is 1.22 bits per heavy atom. The molecule has 2 aromatic heterocycles. The number of benzene rings is 1. The molecule has 3 aromatic rings. The van der Waals surface area contributed by atoms with Crippen LogP contribution in [0.2, 0.25) is 0 Å². The van der Waals surface area contributed by atoms with E-state index in [-0.39, 0.29) is 17.6 Å². The molecule has 1 N–H and O–H groups in total. The number of carbonyl (C=O) groups is 1. The summed E-state index contributed by atoms with van der Waals surface area (Å²) in [4.78, 5) is 20.4. The van der Waals surface area contributed by atoms with Crippen molar-refractivity contribution in [3.63, 3.8) is 0 Å². The maximum absolute atomic E-state index is 13.2. The van der Waals surface area contributed by atoms with Crippen LogP contribution in [-0.4, -0.2) is 40.1 Å². The smallest absolute Gasteiger partial charge is 0.224 e. The molecule has 1 amide bonds. The van der Waals surface area contributed by atoms with E-state index in [1.54, 1.807) is 16.6 Å². The highest BCUT2D eigenvalue weighted by atomic mass is 32.1. The van der Waals surface area contributed by atoms with Crippen LogP contribution in [0.4, 0.5) is 9.52 Å². The molecule has 0 saturated carbocycles. The highest BCUT2D eigenvalue weighted by Crippen LogP contribution is 2.30. The van der Waals surface area contributed by atoms with Crippen molar-refractivity contribution >= 4 is 27.3 Å². The summed E-state index contributed by atoms with van der Waals surface area (Å²) in [6, 6.07) is 6.32. The topological polar surface area (TPSA) is 62.5 Å². The van der Waals surface area contributed by atoms with Gasteiger partial charge in [-0.05, 0) is 69.2 Å². The third-order valence-corrected chi connectivity index (χ3v) is 7.35. The number of imidazole rings is 1. The Kier molecular flexibility index (Phi) is 6.21. The van der Waals surface area contributed by atoms with E-state index in [9.17, 15) is 9.18 Å². The van der Waals surface area contributed by atoms with Crippen LogP contribution >= 0.6 is 11.3 Å². The number of nitrogens with one attached hydrogen (secondary N) is 1. The minimum absolute atomic E-state index is 0.00455. The van der Waals surface area contributed by atoms with Gasteiger partial charge >= 0.3 is 0 Å². The van der Waals surface area contributed by atoms with Gasteiger partial charge in [0.15, 0.2) is 0 Å². The van der Waals surface area contributed by atoms with E-state index < -0.39 is 0 Å². The SMILES string of the molecule is O=C(NCCC1=CCCCC1)[C@H]1CCCN(c2nn3cc(-c4ccc(F)cc4)nc3s2)C1. The van der Waals surface area contributed by atoms with Crippen molar-refractivity contribution in [2.75, 3.05) is 24.5 Å². The second-order valence-corrected chi connectivity index (χ2v) is 9.61. The highest BCUT2D eigenvalue weighted by molar-refractivity contribution is 7.20. The number of piperidine rings is 1. The molecule has 0 unspecified atom stereocenters. The van der Waals surface area contributed by atoms with Crippen LogP contribution in [0, 0.1) is 11.7 Å². The van der Waals surface area contributed by atoms with Crippen LogP contribution in [0.5, 0.6) is 0 Å². The van der Waals surface area contributed by atoms with Crippen molar-refractivity contribution in [2.45, 2.75) is 44.9 Å². The van der Waals surface area contributed by atoms with Crippen molar-refractivity contribution in [1.29, 1.82) is 0 Å². The molecule has 1 atom stereocenters. The average molecular weight is 454 g/mol. The number of rotatable bonds is 6. The number of allylic oxidation sites excluding steroid dienone is 1. The Morgan fingerprint density at radius 3 is 2.88 bits per heavy atom.